The molecule has 3 aliphatic rings. The molecule has 1 unspecified atom stereocenters. The van der Waals surface area contributed by atoms with Crippen molar-refractivity contribution in [2.45, 2.75) is 31.0 Å². The van der Waals surface area contributed by atoms with Crippen LogP contribution in [0.25, 0.3) is 0 Å². The molecule has 0 aromatic heterocycles. The molecule has 2 N–H and O–H groups in total. The van der Waals surface area contributed by atoms with E-state index in [0.717, 1.165) is 12.2 Å². The number of halogens is 1. The lowest BCUT2D eigenvalue weighted by atomic mass is 9.91. The third kappa shape index (κ3) is 4.53. The Hall–Kier alpha value is -2.19. The Morgan fingerprint density at radius 3 is 2.52 bits per heavy atom. The second-order valence-corrected chi connectivity index (χ2v) is 8.23. The number of nitrogens with two attached hydrogens (primary N) is 1. The molecule has 3 fully saturated rings. The third-order valence-corrected chi connectivity index (χ3v) is 6.11. The Morgan fingerprint density at radius 2 is 1.86 bits per heavy atom. The summed E-state index contributed by atoms with van der Waals surface area (Å²) in [6.45, 7) is 3.46. The minimum Gasteiger partial charge on any atom is -0.369 e. The van der Waals surface area contributed by atoms with Gasteiger partial charge in [0.05, 0.1) is 12.6 Å². The summed E-state index contributed by atoms with van der Waals surface area (Å²) in [5.41, 5.74) is 7.90. The molecule has 1 aromatic carbocycles. The summed E-state index contributed by atoms with van der Waals surface area (Å²) in [6.07, 6.45) is 0.325. The van der Waals surface area contributed by atoms with E-state index >= 15 is 0 Å². The zero-order chi connectivity index (χ0) is 20.4. The quantitative estimate of drug-likeness (QED) is 0.823. The molecule has 2 amide bonds. The fourth-order valence-electron chi connectivity index (χ4n) is 4.24. The molecule has 0 aliphatic carbocycles. The average molecular weight is 404 g/mol. The predicted molar refractivity (Wildman–Crippen MR) is 108 cm³/mol. The van der Waals surface area contributed by atoms with Crippen LogP contribution in [0.5, 0.6) is 0 Å². The second-order valence-electron chi connectivity index (χ2n) is 8.23. The van der Waals surface area contributed by atoms with E-state index in [9.17, 15) is 14.0 Å². The van der Waals surface area contributed by atoms with Crippen LogP contribution in [0.4, 0.5) is 14.9 Å². The summed E-state index contributed by atoms with van der Waals surface area (Å²) in [6, 6.07) is 8.16. The van der Waals surface area contributed by atoms with Crippen molar-refractivity contribution in [1.82, 2.24) is 9.80 Å². The molecule has 7 nitrogen and oxygen atoms in total. The number of hydrogen-bond acceptors (Lipinski definition) is 5. The van der Waals surface area contributed by atoms with Crippen LogP contribution in [-0.4, -0.2) is 86.3 Å². The van der Waals surface area contributed by atoms with Crippen LogP contribution in [0.2, 0.25) is 0 Å². The molecule has 4 rings (SSSR count). The fraction of sp³-hybridized carbons (Fsp3) is 0.619. The number of hydrogen-bond donors (Lipinski definition) is 1. The van der Waals surface area contributed by atoms with Crippen LogP contribution in [0.3, 0.4) is 0 Å². The SMILES string of the molecule is NC[C@@H]1CCN(C(=O)N2CC(c3ccc(N4CCC(F)C4)cc3)C2)CC(=O)CO1. The number of alkyl halides is 1. The standard InChI is InChI=1S/C21H29FN4O3/c22-17-5-7-24(12-17)18-3-1-15(2-4-18)16-10-26(11-16)21(28)25-8-6-20(9-23)29-14-19(27)13-25/h1-4,16-17,20H,5-14,23H2/t17?,20-/m0/s1. The number of amides is 2. The first-order valence-electron chi connectivity index (χ1n) is 10.4. The summed E-state index contributed by atoms with van der Waals surface area (Å²) >= 11 is 0. The lowest BCUT2D eigenvalue weighted by molar-refractivity contribution is -0.128. The highest BCUT2D eigenvalue weighted by Gasteiger charge is 2.35. The van der Waals surface area contributed by atoms with Crippen molar-refractivity contribution in [2.75, 3.05) is 57.3 Å². The van der Waals surface area contributed by atoms with Gasteiger partial charge in [-0.1, -0.05) is 12.1 Å². The molecule has 29 heavy (non-hydrogen) atoms. The van der Waals surface area contributed by atoms with Crippen molar-refractivity contribution in [3.8, 4) is 0 Å². The number of ketones is 1. The van der Waals surface area contributed by atoms with Gasteiger partial charge in [0.2, 0.25) is 0 Å². The molecule has 3 heterocycles. The smallest absolute Gasteiger partial charge is 0.320 e. The van der Waals surface area contributed by atoms with Crippen LogP contribution in [0.15, 0.2) is 24.3 Å². The molecule has 158 valence electrons. The first kappa shape index (κ1) is 20.1. The number of carbonyl (C=O) groups excluding carboxylic acids is 2. The van der Waals surface area contributed by atoms with Crippen LogP contribution in [0, 0.1) is 0 Å². The van der Waals surface area contributed by atoms with E-state index in [4.69, 9.17) is 10.5 Å². The highest BCUT2D eigenvalue weighted by molar-refractivity contribution is 5.86. The second kappa shape index (κ2) is 8.67. The zero-order valence-corrected chi connectivity index (χ0v) is 16.6. The molecule has 0 bridgehead atoms. The number of anilines is 1. The van der Waals surface area contributed by atoms with Crippen molar-refractivity contribution in [1.29, 1.82) is 0 Å². The van der Waals surface area contributed by atoms with Crippen LogP contribution < -0.4 is 10.6 Å². The molecule has 0 spiro atoms. The van der Waals surface area contributed by atoms with Crippen LogP contribution in [0.1, 0.15) is 24.3 Å². The Kier molecular flexibility index (Phi) is 6.01. The largest absolute Gasteiger partial charge is 0.369 e. The molecular weight excluding hydrogens is 375 g/mol. The molecule has 8 heteroatoms. The van der Waals surface area contributed by atoms with Gasteiger partial charge in [0, 0.05) is 50.9 Å². The van der Waals surface area contributed by atoms with Gasteiger partial charge >= 0.3 is 6.03 Å². The van der Waals surface area contributed by atoms with Gasteiger partial charge in [0.1, 0.15) is 12.8 Å². The van der Waals surface area contributed by atoms with Crippen molar-refractivity contribution >= 4 is 17.5 Å². The number of nitrogens with zero attached hydrogens (tertiary/aromatic N) is 3. The first-order chi connectivity index (χ1) is 14.0. The van der Waals surface area contributed by atoms with Gasteiger partial charge in [0.15, 0.2) is 5.78 Å². The first-order valence-corrected chi connectivity index (χ1v) is 10.4. The van der Waals surface area contributed by atoms with Crippen molar-refractivity contribution in [3.63, 3.8) is 0 Å². The molecule has 2 atom stereocenters. The van der Waals surface area contributed by atoms with Crippen LogP contribution >= 0.6 is 0 Å². The summed E-state index contributed by atoms with van der Waals surface area (Å²) in [7, 11) is 0. The van der Waals surface area contributed by atoms with Crippen molar-refractivity contribution in [2.24, 2.45) is 5.73 Å². The predicted octanol–water partition coefficient (Wildman–Crippen LogP) is 1.37. The number of benzene rings is 1. The lowest BCUT2D eigenvalue weighted by Crippen LogP contribution is -2.55. The Labute approximate surface area is 170 Å². The van der Waals surface area contributed by atoms with E-state index in [-0.39, 0.29) is 31.1 Å². The minimum absolute atomic E-state index is 0.0147. The highest BCUT2D eigenvalue weighted by atomic mass is 19.1. The number of urea groups is 1. The van der Waals surface area contributed by atoms with Gasteiger partial charge in [-0.05, 0) is 30.5 Å². The maximum atomic E-state index is 13.4. The van der Waals surface area contributed by atoms with Gasteiger partial charge in [-0.25, -0.2) is 9.18 Å². The van der Waals surface area contributed by atoms with Gasteiger partial charge in [-0.2, -0.15) is 0 Å². The van der Waals surface area contributed by atoms with Crippen molar-refractivity contribution < 1.29 is 18.7 Å². The molecule has 3 saturated heterocycles. The molecule has 0 saturated carbocycles. The summed E-state index contributed by atoms with van der Waals surface area (Å²) in [5.74, 6) is 0.202. The summed E-state index contributed by atoms with van der Waals surface area (Å²) in [4.78, 5) is 30.3. The Morgan fingerprint density at radius 1 is 1.10 bits per heavy atom. The van der Waals surface area contributed by atoms with Gasteiger partial charge in [0.25, 0.3) is 0 Å². The lowest BCUT2D eigenvalue weighted by Gasteiger charge is -2.42. The zero-order valence-electron chi connectivity index (χ0n) is 16.6. The van der Waals surface area contributed by atoms with E-state index in [1.807, 2.05) is 12.1 Å². The molecule has 1 aromatic rings. The normalized spacial score (nSPS) is 26.3. The third-order valence-electron chi connectivity index (χ3n) is 6.11. The maximum Gasteiger partial charge on any atom is 0.320 e. The van der Waals surface area contributed by atoms with E-state index in [2.05, 4.69) is 17.0 Å². The Bertz CT molecular complexity index is 738. The summed E-state index contributed by atoms with van der Waals surface area (Å²) in [5, 5.41) is 0. The maximum absolute atomic E-state index is 13.4. The summed E-state index contributed by atoms with van der Waals surface area (Å²) < 4.78 is 18.8. The topological polar surface area (TPSA) is 79.1 Å². The van der Waals surface area contributed by atoms with E-state index < -0.39 is 6.17 Å². The fourth-order valence-corrected chi connectivity index (χ4v) is 4.24. The number of ether oxygens (including phenoxy) is 1. The minimum atomic E-state index is -0.734. The number of likely N-dealkylation sites (tertiary alicyclic amines) is 1. The molecule has 0 radical (unpaired) electrons. The average Bonchev–Trinajstić information content (AvgIpc) is 3.11. The van der Waals surface area contributed by atoms with Crippen molar-refractivity contribution in [3.05, 3.63) is 29.8 Å². The van der Waals surface area contributed by atoms with Gasteiger partial charge < -0.3 is 25.2 Å². The highest BCUT2D eigenvalue weighted by Crippen LogP contribution is 2.30. The van der Waals surface area contributed by atoms with Crippen LogP contribution in [-0.2, 0) is 9.53 Å². The number of carbonyl (C=O) groups is 2. The van der Waals surface area contributed by atoms with Gasteiger partial charge in [-0.15, -0.1) is 0 Å². The van der Waals surface area contributed by atoms with E-state index in [0.29, 0.717) is 51.5 Å². The Balaban J connectivity index is 1.30. The molecular formula is C21H29FN4O3. The van der Waals surface area contributed by atoms with Gasteiger partial charge in [-0.3, -0.25) is 4.79 Å². The molecule has 3 aliphatic heterocycles. The van der Waals surface area contributed by atoms with E-state index in [1.165, 1.54) is 5.56 Å². The number of rotatable bonds is 3. The monoisotopic (exact) mass is 404 g/mol. The number of Topliss-reactive ketones (excluding diaryl/α,β-unsaturated/α-hetero) is 1. The van der Waals surface area contributed by atoms with E-state index in [1.54, 1.807) is 9.80 Å².